The molecular formula is C13H21NO. The Morgan fingerprint density at radius 1 is 1.40 bits per heavy atom. The standard InChI is InChI=1S/C13H21NO/c1-5-7-12(15)14-9-6-8-11(10-14)13(2,3)4/h11H,6,8-10H2,1-4H3. The molecule has 0 bridgehead atoms. The van der Waals surface area contributed by atoms with E-state index in [1.54, 1.807) is 6.92 Å². The highest BCUT2D eigenvalue weighted by molar-refractivity contribution is 5.93. The Morgan fingerprint density at radius 3 is 2.60 bits per heavy atom. The number of amides is 1. The predicted molar refractivity (Wildman–Crippen MR) is 62.2 cm³/mol. The third kappa shape index (κ3) is 3.27. The zero-order valence-electron chi connectivity index (χ0n) is 10.3. The van der Waals surface area contributed by atoms with E-state index < -0.39 is 0 Å². The number of carbonyl (C=O) groups excluding carboxylic acids is 1. The van der Waals surface area contributed by atoms with Gasteiger partial charge in [0.1, 0.15) is 0 Å². The van der Waals surface area contributed by atoms with Crippen LogP contribution in [0.5, 0.6) is 0 Å². The van der Waals surface area contributed by atoms with Crippen molar-refractivity contribution in [2.45, 2.75) is 40.5 Å². The molecule has 0 aromatic rings. The lowest BCUT2D eigenvalue weighted by Crippen LogP contribution is -2.43. The molecule has 1 aliphatic rings. The number of rotatable bonds is 0. The van der Waals surface area contributed by atoms with E-state index in [1.165, 1.54) is 6.42 Å². The van der Waals surface area contributed by atoms with Gasteiger partial charge in [-0.3, -0.25) is 4.79 Å². The summed E-state index contributed by atoms with van der Waals surface area (Å²) in [5.74, 6) is 5.90. The van der Waals surface area contributed by atoms with E-state index in [1.807, 2.05) is 4.90 Å². The van der Waals surface area contributed by atoms with Gasteiger partial charge >= 0.3 is 0 Å². The van der Waals surface area contributed by atoms with E-state index in [4.69, 9.17) is 0 Å². The number of likely N-dealkylation sites (tertiary alicyclic amines) is 1. The van der Waals surface area contributed by atoms with Gasteiger partial charge in [0.25, 0.3) is 5.91 Å². The quantitative estimate of drug-likeness (QED) is 0.558. The average Bonchev–Trinajstić information content (AvgIpc) is 2.17. The van der Waals surface area contributed by atoms with Gasteiger partial charge in [-0.15, -0.1) is 0 Å². The van der Waals surface area contributed by atoms with Crippen LogP contribution >= 0.6 is 0 Å². The molecule has 1 rings (SSSR count). The molecule has 84 valence electrons. The fourth-order valence-electron chi connectivity index (χ4n) is 2.05. The molecule has 1 aliphatic heterocycles. The van der Waals surface area contributed by atoms with Crippen molar-refractivity contribution in [1.29, 1.82) is 0 Å². The van der Waals surface area contributed by atoms with Crippen molar-refractivity contribution in [2.75, 3.05) is 13.1 Å². The average molecular weight is 207 g/mol. The number of hydrogen-bond acceptors (Lipinski definition) is 1. The molecule has 2 nitrogen and oxygen atoms in total. The van der Waals surface area contributed by atoms with Gasteiger partial charge in [0, 0.05) is 13.1 Å². The van der Waals surface area contributed by atoms with Crippen molar-refractivity contribution in [2.24, 2.45) is 11.3 Å². The van der Waals surface area contributed by atoms with Gasteiger partial charge in [-0.25, -0.2) is 0 Å². The Bertz CT molecular complexity index is 290. The summed E-state index contributed by atoms with van der Waals surface area (Å²) >= 11 is 0. The van der Waals surface area contributed by atoms with Crippen LogP contribution in [0.2, 0.25) is 0 Å². The summed E-state index contributed by atoms with van der Waals surface area (Å²) in [5.41, 5.74) is 0.290. The summed E-state index contributed by atoms with van der Waals surface area (Å²) in [6.07, 6.45) is 2.34. The third-order valence-corrected chi connectivity index (χ3v) is 3.17. The molecule has 0 spiro atoms. The highest BCUT2D eigenvalue weighted by atomic mass is 16.2. The lowest BCUT2D eigenvalue weighted by Gasteiger charge is -2.39. The molecule has 1 unspecified atom stereocenters. The van der Waals surface area contributed by atoms with Crippen LogP contribution in [0.4, 0.5) is 0 Å². The monoisotopic (exact) mass is 207 g/mol. The second-order valence-corrected chi connectivity index (χ2v) is 5.33. The van der Waals surface area contributed by atoms with E-state index in [-0.39, 0.29) is 5.91 Å². The van der Waals surface area contributed by atoms with E-state index in [2.05, 4.69) is 32.6 Å². The first-order chi connectivity index (χ1) is 6.95. The molecule has 0 N–H and O–H groups in total. The summed E-state index contributed by atoms with van der Waals surface area (Å²) in [5, 5.41) is 0. The van der Waals surface area contributed by atoms with Crippen molar-refractivity contribution in [3.8, 4) is 11.8 Å². The maximum atomic E-state index is 11.6. The molecule has 2 heteroatoms. The Kier molecular flexibility index (Phi) is 3.79. The van der Waals surface area contributed by atoms with Crippen molar-refractivity contribution < 1.29 is 4.79 Å². The van der Waals surface area contributed by atoms with Gasteiger partial charge in [-0.1, -0.05) is 26.7 Å². The molecule has 0 aromatic heterocycles. The fraction of sp³-hybridized carbons (Fsp3) is 0.769. The number of piperidine rings is 1. The highest BCUT2D eigenvalue weighted by Crippen LogP contribution is 2.33. The first-order valence-electron chi connectivity index (χ1n) is 5.67. The molecule has 0 saturated carbocycles. The summed E-state index contributed by atoms with van der Waals surface area (Å²) in [4.78, 5) is 13.5. The molecule has 1 fully saturated rings. The van der Waals surface area contributed by atoms with Crippen LogP contribution in [0.1, 0.15) is 40.5 Å². The molecule has 1 heterocycles. The van der Waals surface area contributed by atoms with Crippen LogP contribution in [-0.2, 0) is 4.79 Å². The second-order valence-electron chi connectivity index (χ2n) is 5.33. The topological polar surface area (TPSA) is 20.3 Å². The van der Waals surface area contributed by atoms with Gasteiger partial charge < -0.3 is 4.90 Å². The zero-order valence-corrected chi connectivity index (χ0v) is 10.3. The summed E-state index contributed by atoms with van der Waals surface area (Å²) in [6, 6.07) is 0. The molecule has 0 aliphatic carbocycles. The second kappa shape index (κ2) is 4.70. The van der Waals surface area contributed by atoms with E-state index in [0.717, 1.165) is 19.5 Å². The Morgan fingerprint density at radius 2 is 2.07 bits per heavy atom. The predicted octanol–water partition coefficient (Wildman–Crippen LogP) is 2.29. The van der Waals surface area contributed by atoms with Crippen molar-refractivity contribution in [1.82, 2.24) is 4.90 Å². The van der Waals surface area contributed by atoms with E-state index in [9.17, 15) is 4.79 Å². The molecular weight excluding hydrogens is 186 g/mol. The Hall–Kier alpha value is -0.970. The minimum absolute atomic E-state index is 0.00792. The number of carbonyl (C=O) groups is 1. The molecule has 1 saturated heterocycles. The van der Waals surface area contributed by atoms with Crippen LogP contribution in [0.15, 0.2) is 0 Å². The SMILES string of the molecule is CC#CC(=O)N1CCCC(C(C)(C)C)C1. The largest absolute Gasteiger partial charge is 0.332 e. The Labute approximate surface area is 93.0 Å². The third-order valence-electron chi connectivity index (χ3n) is 3.17. The van der Waals surface area contributed by atoms with Crippen molar-refractivity contribution in [3.63, 3.8) is 0 Å². The summed E-state index contributed by atoms with van der Waals surface area (Å²) < 4.78 is 0. The van der Waals surface area contributed by atoms with Gasteiger partial charge in [0.2, 0.25) is 0 Å². The van der Waals surface area contributed by atoms with Crippen LogP contribution in [-0.4, -0.2) is 23.9 Å². The molecule has 1 atom stereocenters. The Balaban J connectivity index is 2.63. The molecule has 0 aromatic carbocycles. The van der Waals surface area contributed by atoms with Crippen LogP contribution in [0.25, 0.3) is 0 Å². The van der Waals surface area contributed by atoms with Crippen LogP contribution in [0.3, 0.4) is 0 Å². The van der Waals surface area contributed by atoms with Gasteiger partial charge in [-0.2, -0.15) is 0 Å². The fourth-order valence-corrected chi connectivity index (χ4v) is 2.05. The maximum Gasteiger partial charge on any atom is 0.298 e. The van der Waals surface area contributed by atoms with Crippen molar-refractivity contribution >= 4 is 5.91 Å². The molecule has 0 radical (unpaired) electrons. The minimum atomic E-state index is -0.00792. The molecule has 1 amide bonds. The van der Waals surface area contributed by atoms with Crippen LogP contribution in [0, 0.1) is 23.2 Å². The van der Waals surface area contributed by atoms with Crippen molar-refractivity contribution in [3.05, 3.63) is 0 Å². The lowest BCUT2D eigenvalue weighted by atomic mass is 9.76. The normalized spacial score (nSPS) is 21.9. The van der Waals surface area contributed by atoms with E-state index in [0.29, 0.717) is 11.3 Å². The van der Waals surface area contributed by atoms with Crippen LogP contribution < -0.4 is 0 Å². The smallest absolute Gasteiger partial charge is 0.298 e. The van der Waals surface area contributed by atoms with E-state index >= 15 is 0 Å². The van der Waals surface area contributed by atoms with Gasteiger partial charge in [0.15, 0.2) is 0 Å². The van der Waals surface area contributed by atoms with Gasteiger partial charge in [-0.05, 0) is 37.0 Å². The zero-order chi connectivity index (χ0) is 11.5. The summed E-state index contributed by atoms with van der Waals surface area (Å²) in [6.45, 7) is 10.2. The molecule has 15 heavy (non-hydrogen) atoms. The first kappa shape index (κ1) is 12.1. The number of nitrogens with zero attached hydrogens (tertiary/aromatic N) is 1. The maximum absolute atomic E-state index is 11.6. The van der Waals surface area contributed by atoms with Gasteiger partial charge in [0.05, 0.1) is 0 Å². The first-order valence-corrected chi connectivity index (χ1v) is 5.67. The lowest BCUT2D eigenvalue weighted by molar-refractivity contribution is -0.127. The minimum Gasteiger partial charge on any atom is -0.332 e. The summed E-state index contributed by atoms with van der Waals surface area (Å²) in [7, 11) is 0. The highest BCUT2D eigenvalue weighted by Gasteiger charge is 2.30. The number of hydrogen-bond donors (Lipinski definition) is 0.